The number of carbonyl (C=O) groups excluding carboxylic acids is 1. The SMILES string of the molecule is Cc1ccc(CN2C[C@@H](SC3=C(C(=O)O)N4C(=O)[C@H]([C@@H](C)O)[C@H]4[C@H]3C)C[C@H]2CNS(N)(=O)=O)c(C)c1. The van der Waals surface area contributed by atoms with E-state index in [1.54, 1.807) is 6.92 Å². The van der Waals surface area contributed by atoms with Crippen LogP contribution in [0.2, 0.25) is 0 Å². The number of carboxylic acid groups (broad SMARTS) is 1. The third-order valence-corrected chi connectivity index (χ3v) is 9.55. The normalized spacial score (nSPS) is 29.4. The van der Waals surface area contributed by atoms with Gasteiger partial charge in [-0.25, -0.2) is 14.7 Å². The van der Waals surface area contributed by atoms with Crippen molar-refractivity contribution in [1.82, 2.24) is 14.5 Å². The number of carboxylic acids is 1. The average Bonchev–Trinajstić information content (AvgIpc) is 3.24. The van der Waals surface area contributed by atoms with Crippen LogP contribution in [0.3, 0.4) is 0 Å². The van der Waals surface area contributed by atoms with Gasteiger partial charge in [-0.2, -0.15) is 8.42 Å². The summed E-state index contributed by atoms with van der Waals surface area (Å²) in [5.74, 6) is -2.33. The summed E-state index contributed by atoms with van der Waals surface area (Å²) in [6.45, 7) is 8.94. The largest absolute Gasteiger partial charge is 0.477 e. The predicted molar refractivity (Wildman–Crippen MR) is 137 cm³/mol. The van der Waals surface area contributed by atoms with Gasteiger partial charge >= 0.3 is 5.97 Å². The molecule has 1 aromatic carbocycles. The topological polar surface area (TPSA) is 153 Å². The minimum Gasteiger partial charge on any atom is -0.477 e. The third kappa shape index (κ3) is 5.20. The second-order valence-corrected chi connectivity index (χ2v) is 12.9. The van der Waals surface area contributed by atoms with Crippen LogP contribution in [-0.4, -0.2) is 76.8 Å². The van der Waals surface area contributed by atoms with E-state index in [1.165, 1.54) is 16.7 Å². The van der Waals surface area contributed by atoms with Crippen molar-refractivity contribution >= 4 is 33.8 Å². The van der Waals surface area contributed by atoms with Gasteiger partial charge in [0, 0.05) is 41.7 Å². The zero-order valence-corrected chi connectivity index (χ0v) is 22.5. The molecular weight excluding hydrogens is 504 g/mol. The Hall–Kier alpha value is -1.96. The average molecular weight is 539 g/mol. The standard InChI is InChI=1S/C24H34N4O6S2/c1-12-5-6-16(13(2)7-12)10-27-11-18(8-17(27)9-26-36(25,33)34)35-22-14(3)20-19(15(4)29)23(30)28(20)21(22)24(31)32/h5-7,14-15,17-20,26,29H,8-11H2,1-4H3,(H,31,32)(H2,25,33,34)/t14-,15-,17+,18+,19-,20-/m1/s1. The minimum atomic E-state index is -3.86. The van der Waals surface area contributed by atoms with E-state index in [4.69, 9.17) is 5.14 Å². The number of likely N-dealkylation sites (tertiary alicyclic amines) is 1. The van der Waals surface area contributed by atoms with E-state index in [0.29, 0.717) is 24.4 Å². The maximum absolute atomic E-state index is 12.6. The molecule has 10 nitrogen and oxygen atoms in total. The number of nitrogens with one attached hydrogen (secondary N) is 1. The Morgan fingerprint density at radius 2 is 2.03 bits per heavy atom. The fraction of sp³-hybridized carbons (Fsp3) is 0.583. The van der Waals surface area contributed by atoms with Crippen molar-refractivity contribution < 1.29 is 28.2 Å². The fourth-order valence-corrected chi connectivity index (χ4v) is 7.76. The van der Waals surface area contributed by atoms with Crippen LogP contribution >= 0.6 is 11.8 Å². The number of β-lactam (4-membered cyclic amide) rings is 1. The summed E-state index contributed by atoms with van der Waals surface area (Å²) < 4.78 is 25.6. The van der Waals surface area contributed by atoms with Gasteiger partial charge in [0.15, 0.2) is 0 Å². The highest BCUT2D eigenvalue weighted by molar-refractivity contribution is 8.03. The molecule has 0 aromatic heterocycles. The maximum atomic E-state index is 12.6. The Kier molecular flexibility index (Phi) is 7.58. The van der Waals surface area contributed by atoms with Crippen molar-refractivity contribution in [3.8, 4) is 0 Å². The highest BCUT2D eigenvalue weighted by atomic mass is 32.2. The molecule has 198 valence electrons. The zero-order chi connectivity index (χ0) is 26.5. The molecule has 3 aliphatic rings. The van der Waals surface area contributed by atoms with E-state index in [1.807, 2.05) is 26.8 Å². The van der Waals surface area contributed by atoms with Gasteiger partial charge in [0.1, 0.15) is 5.70 Å². The van der Waals surface area contributed by atoms with E-state index in [9.17, 15) is 28.2 Å². The lowest BCUT2D eigenvalue weighted by Gasteiger charge is -2.46. The smallest absolute Gasteiger partial charge is 0.353 e. The minimum absolute atomic E-state index is 0.00589. The molecule has 4 rings (SSSR count). The first-order valence-corrected chi connectivity index (χ1v) is 14.4. The zero-order valence-electron chi connectivity index (χ0n) is 20.8. The molecule has 0 aliphatic carbocycles. The number of hydrogen-bond donors (Lipinski definition) is 4. The highest BCUT2D eigenvalue weighted by Gasteiger charge is 2.60. The lowest BCUT2D eigenvalue weighted by molar-refractivity contribution is -0.163. The van der Waals surface area contributed by atoms with Crippen molar-refractivity contribution in [2.75, 3.05) is 13.1 Å². The fourth-order valence-electron chi connectivity index (χ4n) is 5.74. The molecule has 36 heavy (non-hydrogen) atoms. The third-order valence-electron chi connectivity index (χ3n) is 7.49. The molecule has 0 bridgehead atoms. The lowest BCUT2D eigenvalue weighted by atomic mass is 9.79. The molecule has 6 atom stereocenters. The van der Waals surface area contributed by atoms with Crippen LogP contribution in [0.1, 0.15) is 37.0 Å². The second kappa shape index (κ2) is 10.1. The van der Waals surface area contributed by atoms with Gasteiger partial charge in [-0.1, -0.05) is 30.7 Å². The first-order chi connectivity index (χ1) is 16.8. The number of aryl methyl sites for hydroxylation is 2. The lowest BCUT2D eigenvalue weighted by Crippen LogP contribution is -2.63. The maximum Gasteiger partial charge on any atom is 0.353 e. The number of aliphatic carboxylic acids is 1. The number of aliphatic hydroxyl groups excluding tert-OH is 1. The number of thioether (sulfide) groups is 1. The van der Waals surface area contributed by atoms with Gasteiger partial charge < -0.3 is 15.1 Å². The van der Waals surface area contributed by atoms with Crippen molar-refractivity contribution in [3.05, 3.63) is 45.5 Å². The number of nitrogens with two attached hydrogens (primary N) is 1. The van der Waals surface area contributed by atoms with Crippen LogP contribution in [0, 0.1) is 25.7 Å². The Morgan fingerprint density at radius 3 is 2.61 bits per heavy atom. The number of fused-ring (bicyclic) bond motifs is 1. The van der Waals surface area contributed by atoms with Crippen LogP contribution in [0.4, 0.5) is 0 Å². The number of rotatable bonds is 9. The van der Waals surface area contributed by atoms with Crippen molar-refractivity contribution in [1.29, 1.82) is 0 Å². The van der Waals surface area contributed by atoms with Crippen LogP contribution < -0.4 is 9.86 Å². The summed E-state index contributed by atoms with van der Waals surface area (Å²) in [6, 6.07) is 5.74. The summed E-state index contributed by atoms with van der Waals surface area (Å²) in [5.41, 5.74) is 3.46. The van der Waals surface area contributed by atoms with E-state index >= 15 is 0 Å². The van der Waals surface area contributed by atoms with E-state index in [-0.39, 0.29) is 41.4 Å². The summed E-state index contributed by atoms with van der Waals surface area (Å²) in [7, 11) is -3.86. The molecule has 0 spiro atoms. The first-order valence-electron chi connectivity index (χ1n) is 12.0. The van der Waals surface area contributed by atoms with E-state index in [2.05, 4.69) is 21.8 Å². The molecule has 1 amide bonds. The van der Waals surface area contributed by atoms with Crippen LogP contribution in [0.15, 0.2) is 28.8 Å². The highest BCUT2D eigenvalue weighted by Crippen LogP contribution is 2.52. The van der Waals surface area contributed by atoms with Crippen molar-refractivity contribution in [2.45, 2.75) is 64.1 Å². The molecule has 0 radical (unpaired) electrons. The van der Waals surface area contributed by atoms with Crippen molar-refractivity contribution in [3.63, 3.8) is 0 Å². The van der Waals surface area contributed by atoms with Gasteiger partial charge in [-0.3, -0.25) is 9.69 Å². The Balaban J connectivity index is 1.56. The van der Waals surface area contributed by atoms with Gasteiger partial charge in [0.2, 0.25) is 5.91 Å². The van der Waals surface area contributed by atoms with Gasteiger partial charge in [-0.15, -0.1) is 11.8 Å². The van der Waals surface area contributed by atoms with E-state index in [0.717, 1.165) is 16.7 Å². The number of carbonyl (C=O) groups is 2. The number of benzene rings is 1. The quantitative estimate of drug-likeness (QED) is 0.339. The second-order valence-electron chi connectivity index (χ2n) is 10.2. The monoisotopic (exact) mass is 538 g/mol. The molecule has 1 aromatic rings. The molecular formula is C24H34N4O6S2. The number of amides is 1. The molecule has 3 heterocycles. The van der Waals surface area contributed by atoms with Gasteiger partial charge in [0.25, 0.3) is 10.2 Å². The summed E-state index contributed by atoms with van der Waals surface area (Å²) in [6.07, 6.45) is -0.228. The molecule has 2 fully saturated rings. The molecule has 0 saturated carbocycles. The summed E-state index contributed by atoms with van der Waals surface area (Å²) in [5, 5.41) is 25.2. The molecule has 12 heteroatoms. The van der Waals surface area contributed by atoms with Crippen molar-refractivity contribution in [2.24, 2.45) is 17.0 Å². The summed E-state index contributed by atoms with van der Waals surface area (Å²) in [4.78, 5) is 29.0. The molecule has 5 N–H and O–H groups in total. The van der Waals surface area contributed by atoms with Crippen LogP contribution in [-0.2, 0) is 26.3 Å². The Labute approximate surface area is 216 Å². The van der Waals surface area contributed by atoms with Crippen LogP contribution in [0.25, 0.3) is 0 Å². The number of hydrogen-bond acceptors (Lipinski definition) is 7. The Bertz CT molecular complexity index is 1200. The van der Waals surface area contributed by atoms with E-state index < -0.39 is 28.2 Å². The van der Waals surface area contributed by atoms with Gasteiger partial charge in [0.05, 0.1) is 18.1 Å². The number of aliphatic hydroxyl groups is 1. The predicted octanol–water partition coefficient (Wildman–Crippen LogP) is 0.926. The molecule has 3 aliphatic heterocycles. The summed E-state index contributed by atoms with van der Waals surface area (Å²) >= 11 is 1.45. The molecule has 2 saturated heterocycles. The first kappa shape index (κ1) is 27.1. The molecule has 0 unspecified atom stereocenters. The number of nitrogens with zero attached hydrogens (tertiary/aromatic N) is 2. The van der Waals surface area contributed by atoms with Crippen LogP contribution in [0.5, 0.6) is 0 Å². The Morgan fingerprint density at radius 1 is 1.33 bits per heavy atom. The van der Waals surface area contributed by atoms with Gasteiger partial charge in [-0.05, 0) is 38.3 Å².